The fourth-order valence-electron chi connectivity index (χ4n) is 3.44. The number of benzene rings is 2. The third-order valence-electron chi connectivity index (χ3n) is 5.18. The van der Waals surface area contributed by atoms with Crippen LogP contribution in [-0.4, -0.2) is 35.4 Å². The van der Waals surface area contributed by atoms with Gasteiger partial charge in [0.2, 0.25) is 11.8 Å². The first-order valence-electron chi connectivity index (χ1n) is 10.7. The van der Waals surface area contributed by atoms with Crippen LogP contribution in [0.1, 0.15) is 44.4 Å². The van der Waals surface area contributed by atoms with Gasteiger partial charge in [0.05, 0.1) is 6.54 Å². The van der Waals surface area contributed by atoms with Crippen molar-refractivity contribution in [1.82, 2.24) is 10.2 Å². The zero-order valence-electron chi connectivity index (χ0n) is 18.4. The highest BCUT2D eigenvalue weighted by atomic mass is 19.1. The lowest BCUT2D eigenvalue weighted by Crippen LogP contribution is -2.46. The summed E-state index contributed by atoms with van der Waals surface area (Å²) in [5, 5.41) is 5.63. The average Bonchev–Trinajstić information content (AvgIpc) is 3.08. The first-order valence-corrected chi connectivity index (χ1v) is 10.7. The molecule has 0 aliphatic carbocycles. The summed E-state index contributed by atoms with van der Waals surface area (Å²) in [7, 11) is 0. The summed E-state index contributed by atoms with van der Waals surface area (Å²) in [6.45, 7) is 6.04. The maximum Gasteiger partial charge on any atom is 0.411 e. The summed E-state index contributed by atoms with van der Waals surface area (Å²) in [6, 6.07) is 11.8. The molecule has 7 nitrogen and oxygen atoms in total. The number of nitrogens with zero attached hydrogens (tertiary/aromatic N) is 1. The van der Waals surface area contributed by atoms with E-state index in [9.17, 15) is 18.8 Å². The van der Waals surface area contributed by atoms with E-state index in [1.165, 1.54) is 17.0 Å². The Bertz CT molecular complexity index is 977. The standard InChI is InChI=1S/C24H28FN3O4/c1-4-12-26-23(30)20-21(17-8-10-19(11-9-17)27-22(29)15(2)3)32-24(31)28(20)14-16-6-5-7-18(25)13-16/h5-11,13,15,20-21H,4,12,14H2,1-3H3,(H,26,30)(H,27,29). The molecular weight excluding hydrogens is 413 g/mol. The van der Waals surface area contributed by atoms with E-state index in [1.54, 1.807) is 50.2 Å². The molecule has 3 amide bonds. The van der Waals surface area contributed by atoms with Crippen LogP contribution in [0, 0.1) is 11.7 Å². The number of hydrogen-bond donors (Lipinski definition) is 2. The second kappa shape index (κ2) is 10.3. The Kier molecular flexibility index (Phi) is 7.45. The van der Waals surface area contributed by atoms with E-state index in [1.807, 2.05) is 6.92 Å². The van der Waals surface area contributed by atoms with Gasteiger partial charge in [0.15, 0.2) is 12.1 Å². The van der Waals surface area contributed by atoms with Gasteiger partial charge >= 0.3 is 6.09 Å². The van der Waals surface area contributed by atoms with Crippen LogP contribution >= 0.6 is 0 Å². The molecule has 2 N–H and O–H groups in total. The summed E-state index contributed by atoms with van der Waals surface area (Å²) in [6.07, 6.45) is -0.734. The summed E-state index contributed by atoms with van der Waals surface area (Å²) in [5.41, 5.74) is 1.79. The number of halogens is 1. The molecule has 2 aromatic rings. The number of carbonyl (C=O) groups excluding carboxylic acids is 3. The number of hydrogen-bond acceptors (Lipinski definition) is 4. The second-order valence-electron chi connectivity index (χ2n) is 8.06. The van der Waals surface area contributed by atoms with Crippen molar-refractivity contribution in [1.29, 1.82) is 0 Å². The van der Waals surface area contributed by atoms with E-state index >= 15 is 0 Å². The lowest BCUT2D eigenvalue weighted by Gasteiger charge is -2.24. The van der Waals surface area contributed by atoms with Gasteiger partial charge in [-0.1, -0.05) is 45.0 Å². The minimum Gasteiger partial charge on any atom is -0.438 e. The van der Waals surface area contributed by atoms with E-state index < -0.39 is 24.1 Å². The molecule has 0 bridgehead atoms. The van der Waals surface area contributed by atoms with E-state index in [4.69, 9.17) is 4.74 Å². The normalized spacial score (nSPS) is 17.9. The molecule has 170 valence electrons. The van der Waals surface area contributed by atoms with E-state index in [-0.39, 0.29) is 24.3 Å². The van der Waals surface area contributed by atoms with Gasteiger partial charge in [0.25, 0.3) is 0 Å². The monoisotopic (exact) mass is 441 g/mol. The van der Waals surface area contributed by atoms with Crippen molar-refractivity contribution in [3.63, 3.8) is 0 Å². The van der Waals surface area contributed by atoms with Gasteiger partial charge in [-0.25, -0.2) is 9.18 Å². The lowest BCUT2D eigenvalue weighted by molar-refractivity contribution is -0.126. The zero-order valence-corrected chi connectivity index (χ0v) is 18.4. The smallest absolute Gasteiger partial charge is 0.411 e. The predicted octanol–water partition coefficient (Wildman–Crippen LogP) is 4.01. The molecule has 0 spiro atoms. The zero-order chi connectivity index (χ0) is 23.3. The Morgan fingerprint density at radius 1 is 1.16 bits per heavy atom. The molecule has 3 rings (SSSR count). The van der Waals surface area contributed by atoms with Gasteiger partial charge in [-0.3, -0.25) is 14.5 Å². The quantitative estimate of drug-likeness (QED) is 0.648. The maximum atomic E-state index is 13.6. The Morgan fingerprint density at radius 2 is 1.88 bits per heavy atom. The van der Waals surface area contributed by atoms with Crippen LogP contribution in [-0.2, 0) is 20.9 Å². The molecule has 1 aliphatic heterocycles. The van der Waals surface area contributed by atoms with Crippen molar-refractivity contribution in [3.8, 4) is 0 Å². The maximum absolute atomic E-state index is 13.6. The lowest BCUT2D eigenvalue weighted by atomic mass is 10.00. The molecule has 32 heavy (non-hydrogen) atoms. The summed E-state index contributed by atoms with van der Waals surface area (Å²) < 4.78 is 19.2. The van der Waals surface area contributed by atoms with Gasteiger partial charge in [-0.2, -0.15) is 0 Å². The molecule has 1 fully saturated rings. The molecule has 2 aromatic carbocycles. The van der Waals surface area contributed by atoms with Crippen LogP contribution in [0.15, 0.2) is 48.5 Å². The minimum absolute atomic E-state index is 0.0415. The Morgan fingerprint density at radius 3 is 2.50 bits per heavy atom. The fraction of sp³-hybridized carbons (Fsp3) is 0.375. The molecule has 1 saturated heterocycles. The summed E-state index contributed by atoms with van der Waals surface area (Å²) in [5.74, 6) is -1.02. The molecule has 1 aliphatic rings. The number of nitrogens with one attached hydrogen (secondary N) is 2. The Labute approximate surface area is 186 Å². The van der Waals surface area contributed by atoms with Crippen molar-refractivity contribution in [3.05, 3.63) is 65.5 Å². The first kappa shape index (κ1) is 23.2. The van der Waals surface area contributed by atoms with Crippen LogP contribution in [0.4, 0.5) is 14.9 Å². The molecular formula is C24H28FN3O4. The van der Waals surface area contributed by atoms with Crippen LogP contribution in [0.5, 0.6) is 0 Å². The average molecular weight is 442 g/mol. The van der Waals surface area contributed by atoms with Crippen molar-refractivity contribution in [2.45, 2.75) is 45.9 Å². The fourth-order valence-corrected chi connectivity index (χ4v) is 3.44. The highest BCUT2D eigenvalue weighted by molar-refractivity contribution is 5.92. The molecule has 0 radical (unpaired) electrons. The number of amides is 3. The number of ether oxygens (including phenoxy) is 1. The van der Waals surface area contributed by atoms with Crippen molar-refractivity contribution in [2.24, 2.45) is 5.92 Å². The molecule has 1 heterocycles. The number of carbonyl (C=O) groups is 3. The Hall–Kier alpha value is -3.42. The molecule has 0 aromatic heterocycles. The summed E-state index contributed by atoms with van der Waals surface area (Å²) >= 11 is 0. The highest BCUT2D eigenvalue weighted by Crippen LogP contribution is 2.34. The first-order chi connectivity index (χ1) is 15.3. The van der Waals surface area contributed by atoms with Crippen LogP contribution in [0.25, 0.3) is 0 Å². The minimum atomic E-state index is -0.909. The van der Waals surface area contributed by atoms with Gasteiger partial charge in [0.1, 0.15) is 5.82 Å². The van der Waals surface area contributed by atoms with Crippen molar-refractivity contribution < 1.29 is 23.5 Å². The third-order valence-corrected chi connectivity index (χ3v) is 5.18. The van der Waals surface area contributed by atoms with Crippen LogP contribution in [0.3, 0.4) is 0 Å². The van der Waals surface area contributed by atoms with E-state index in [0.717, 1.165) is 6.42 Å². The van der Waals surface area contributed by atoms with Crippen LogP contribution < -0.4 is 10.6 Å². The molecule has 2 atom stereocenters. The number of rotatable bonds is 8. The van der Waals surface area contributed by atoms with E-state index in [2.05, 4.69) is 10.6 Å². The molecule has 0 saturated carbocycles. The second-order valence-corrected chi connectivity index (χ2v) is 8.06. The third kappa shape index (κ3) is 5.43. The van der Waals surface area contributed by atoms with Crippen molar-refractivity contribution in [2.75, 3.05) is 11.9 Å². The molecule has 8 heteroatoms. The Balaban J connectivity index is 1.85. The number of anilines is 1. The molecule has 2 unspecified atom stereocenters. The largest absolute Gasteiger partial charge is 0.438 e. The summed E-state index contributed by atoms with van der Waals surface area (Å²) in [4.78, 5) is 38.9. The number of cyclic esters (lactones) is 1. The van der Waals surface area contributed by atoms with Gasteiger partial charge in [-0.05, 0) is 41.8 Å². The van der Waals surface area contributed by atoms with Gasteiger partial charge < -0.3 is 15.4 Å². The van der Waals surface area contributed by atoms with Gasteiger partial charge in [-0.15, -0.1) is 0 Å². The van der Waals surface area contributed by atoms with Gasteiger partial charge in [0, 0.05) is 18.2 Å². The predicted molar refractivity (Wildman–Crippen MR) is 118 cm³/mol. The van der Waals surface area contributed by atoms with E-state index in [0.29, 0.717) is 23.4 Å². The highest BCUT2D eigenvalue weighted by Gasteiger charge is 2.46. The SMILES string of the molecule is CCCNC(=O)C1C(c2ccc(NC(=O)C(C)C)cc2)OC(=O)N1Cc1cccc(F)c1. The van der Waals surface area contributed by atoms with Crippen molar-refractivity contribution >= 4 is 23.6 Å². The van der Waals surface area contributed by atoms with Crippen LogP contribution in [0.2, 0.25) is 0 Å². The topological polar surface area (TPSA) is 87.7 Å².